The second-order valence-corrected chi connectivity index (χ2v) is 14.9. The molecule has 5 rings (SSSR count). The zero-order valence-corrected chi connectivity index (χ0v) is 22.9. The van der Waals surface area contributed by atoms with Gasteiger partial charge in [-0.05, 0) is 97.7 Å². The van der Waals surface area contributed by atoms with Gasteiger partial charge in [0.25, 0.3) is 0 Å². The Morgan fingerprint density at radius 1 is 0.971 bits per heavy atom. The molecule has 0 aromatic heterocycles. The number of allylic oxidation sites excluding steroid dienone is 1. The van der Waals surface area contributed by atoms with Gasteiger partial charge in [-0.15, -0.1) is 0 Å². The molecule has 0 radical (unpaired) electrons. The average molecular weight is 489 g/mol. The highest BCUT2D eigenvalue weighted by Gasteiger charge is 2.72. The first-order chi connectivity index (χ1) is 16.0. The predicted octanol–water partition coefficient (Wildman–Crippen LogP) is 5.18. The van der Waals surface area contributed by atoms with E-state index in [1.807, 2.05) is 6.92 Å². The third-order valence-corrected chi connectivity index (χ3v) is 13.3. The van der Waals surface area contributed by atoms with Gasteiger partial charge in [-0.2, -0.15) is 0 Å². The lowest BCUT2D eigenvalue weighted by Crippen LogP contribution is -2.70. The molecule has 0 aromatic carbocycles. The number of fused-ring (bicyclic) bond motifs is 7. The predicted molar refractivity (Wildman–Crippen MR) is 135 cm³/mol. The van der Waals surface area contributed by atoms with E-state index < -0.39 is 35.1 Å². The number of aliphatic carboxylic acids is 1. The number of hydrogen-bond acceptors (Lipinski definition) is 4. The fraction of sp³-hybridized carbons (Fsp3) is 0.900. The van der Waals surface area contributed by atoms with Crippen LogP contribution in [0.1, 0.15) is 99.8 Å². The maximum absolute atomic E-state index is 12.8. The molecule has 198 valence electrons. The van der Waals surface area contributed by atoms with Crippen LogP contribution < -0.4 is 0 Å². The Balaban J connectivity index is 1.67. The summed E-state index contributed by atoms with van der Waals surface area (Å²) >= 11 is 0. The molecule has 4 fully saturated rings. The van der Waals surface area contributed by atoms with Gasteiger partial charge >= 0.3 is 5.97 Å². The molecule has 0 heterocycles. The van der Waals surface area contributed by atoms with E-state index in [1.54, 1.807) is 0 Å². The number of rotatable bonds is 1. The van der Waals surface area contributed by atoms with Crippen LogP contribution >= 0.6 is 0 Å². The molecule has 5 aliphatic carbocycles. The quantitative estimate of drug-likeness (QED) is 0.382. The summed E-state index contributed by atoms with van der Waals surface area (Å²) in [7, 11) is 0. The van der Waals surface area contributed by atoms with E-state index in [1.165, 1.54) is 0 Å². The molecule has 11 atom stereocenters. The van der Waals surface area contributed by atoms with Crippen LogP contribution in [0.3, 0.4) is 0 Å². The molecule has 5 nitrogen and oxygen atoms in total. The van der Waals surface area contributed by atoms with Gasteiger partial charge in [-0.25, -0.2) is 0 Å². The van der Waals surface area contributed by atoms with Crippen molar-refractivity contribution in [3.8, 4) is 0 Å². The van der Waals surface area contributed by atoms with E-state index in [0.29, 0.717) is 25.2 Å². The van der Waals surface area contributed by atoms with Crippen molar-refractivity contribution in [1.29, 1.82) is 0 Å². The van der Waals surface area contributed by atoms with Crippen LogP contribution in [0.5, 0.6) is 0 Å². The molecule has 4 N–H and O–H groups in total. The Labute approximate surface area is 211 Å². The molecule has 0 saturated heterocycles. The lowest BCUT2D eigenvalue weighted by Gasteiger charge is -2.72. The van der Waals surface area contributed by atoms with E-state index >= 15 is 0 Å². The Kier molecular flexibility index (Phi) is 5.40. The van der Waals surface area contributed by atoms with Gasteiger partial charge in [0.15, 0.2) is 0 Å². The fourth-order valence-corrected chi connectivity index (χ4v) is 11.0. The van der Waals surface area contributed by atoms with Crippen LogP contribution in [-0.2, 0) is 4.79 Å². The molecule has 5 aliphatic rings. The molecular weight excluding hydrogens is 440 g/mol. The number of carboxylic acids is 1. The van der Waals surface area contributed by atoms with E-state index in [2.05, 4.69) is 47.6 Å². The number of aliphatic hydroxyl groups excluding tert-OH is 2. The number of carbonyl (C=O) groups is 1. The summed E-state index contributed by atoms with van der Waals surface area (Å²) in [5.74, 6) is -0.765. The van der Waals surface area contributed by atoms with Gasteiger partial charge in [0.2, 0.25) is 0 Å². The monoisotopic (exact) mass is 488 g/mol. The molecule has 0 unspecified atom stereocenters. The summed E-state index contributed by atoms with van der Waals surface area (Å²) in [5.41, 5.74) is -1.80. The second kappa shape index (κ2) is 7.35. The van der Waals surface area contributed by atoms with Crippen molar-refractivity contribution in [1.82, 2.24) is 0 Å². The zero-order valence-electron chi connectivity index (χ0n) is 22.9. The first-order valence-corrected chi connectivity index (χ1v) is 14.0. The fourth-order valence-electron chi connectivity index (χ4n) is 11.0. The lowest BCUT2D eigenvalue weighted by atomic mass is 9.32. The highest BCUT2D eigenvalue weighted by molar-refractivity contribution is 5.77. The van der Waals surface area contributed by atoms with E-state index in [9.17, 15) is 25.2 Å². The van der Waals surface area contributed by atoms with Crippen LogP contribution in [0.15, 0.2) is 11.6 Å². The summed E-state index contributed by atoms with van der Waals surface area (Å²) in [6, 6.07) is 0. The van der Waals surface area contributed by atoms with Crippen molar-refractivity contribution in [2.24, 2.45) is 50.7 Å². The SMILES string of the molecule is C[C@@H]1CC[C@]2(C(=O)O)CC[C@]3(C)C(=CC[C@@H]4[C@@]5(C)CC[C@H](O)C(C)(C)[C@H]5[C@H](O)C[C@]43C)[C@@H]2[C@]1(C)O. The molecule has 0 bridgehead atoms. The van der Waals surface area contributed by atoms with Gasteiger partial charge in [-0.1, -0.05) is 53.2 Å². The van der Waals surface area contributed by atoms with Crippen LogP contribution in [0.4, 0.5) is 0 Å². The zero-order chi connectivity index (χ0) is 26.0. The number of aliphatic hydroxyl groups is 3. The van der Waals surface area contributed by atoms with Crippen molar-refractivity contribution in [3.05, 3.63) is 11.6 Å². The van der Waals surface area contributed by atoms with E-state index in [0.717, 1.165) is 37.7 Å². The molecule has 0 amide bonds. The van der Waals surface area contributed by atoms with Crippen LogP contribution in [0.25, 0.3) is 0 Å². The van der Waals surface area contributed by atoms with Crippen molar-refractivity contribution in [2.45, 2.75) is 118 Å². The van der Waals surface area contributed by atoms with Gasteiger partial charge < -0.3 is 20.4 Å². The largest absolute Gasteiger partial charge is 0.481 e. The summed E-state index contributed by atoms with van der Waals surface area (Å²) < 4.78 is 0. The van der Waals surface area contributed by atoms with E-state index in [-0.39, 0.29) is 33.5 Å². The third kappa shape index (κ3) is 2.90. The van der Waals surface area contributed by atoms with Crippen molar-refractivity contribution >= 4 is 5.97 Å². The molecule has 5 heteroatoms. The maximum Gasteiger partial charge on any atom is 0.310 e. The molecule has 0 spiro atoms. The summed E-state index contributed by atoms with van der Waals surface area (Å²) in [5, 5.41) is 45.1. The van der Waals surface area contributed by atoms with E-state index in [4.69, 9.17) is 0 Å². The summed E-state index contributed by atoms with van der Waals surface area (Å²) in [4.78, 5) is 12.8. The minimum atomic E-state index is -1.08. The van der Waals surface area contributed by atoms with Gasteiger partial charge in [-0.3, -0.25) is 4.79 Å². The van der Waals surface area contributed by atoms with Crippen molar-refractivity contribution in [2.75, 3.05) is 0 Å². The Morgan fingerprint density at radius 3 is 2.26 bits per heavy atom. The summed E-state index contributed by atoms with van der Waals surface area (Å²) in [6.07, 6.45) is 7.27. The average Bonchev–Trinajstić information content (AvgIpc) is 2.74. The minimum absolute atomic E-state index is 0.0230. The highest BCUT2D eigenvalue weighted by Crippen LogP contribution is 2.76. The normalized spacial score (nSPS) is 57.1. The molecule has 0 aliphatic heterocycles. The van der Waals surface area contributed by atoms with Crippen LogP contribution in [-0.4, -0.2) is 44.2 Å². The Morgan fingerprint density at radius 2 is 1.63 bits per heavy atom. The topological polar surface area (TPSA) is 98.0 Å². The first kappa shape index (κ1) is 25.7. The van der Waals surface area contributed by atoms with Gasteiger partial charge in [0.1, 0.15) is 0 Å². The number of hydrogen-bond donors (Lipinski definition) is 4. The van der Waals surface area contributed by atoms with Gasteiger partial charge in [0.05, 0.1) is 23.2 Å². The molecular formula is C30H48O5. The van der Waals surface area contributed by atoms with Crippen molar-refractivity contribution < 1.29 is 25.2 Å². The standard InChI is InChI=1S/C30H48O5/c1-17-10-13-30(24(33)34)15-14-27(5)18(22(30)29(17,7)35)8-9-20-26(4)12-11-21(32)25(2,3)23(26)19(31)16-28(20,27)6/h8,17,19-23,31-32,35H,9-16H2,1-7H3,(H,33,34)/t17-,19-,20-,21+,22-,23-,26-,27-,28-,29-,30+/m1/s1. The summed E-state index contributed by atoms with van der Waals surface area (Å²) in [6.45, 7) is 15.2. The molecule has 0 aromatic rings. The Bertz CT molecular complexity index is 952. The first-order valence-electron chi connectivity index (χ1n) is 14.0. The van der Waals surface area contributed by atoms with Crippen LogP contribution in [0.2, 0.25) is 0 Å². The Hall–Kier alpha value is -0.910. The second-order valence-electron chi connectivity index (χ2n) is 14.9. The lowest BCUT2D eigenvalue weighted by molar-refractivity contribution is -0.247. The molecule has 35 heavy (non-hydrogen) atoms. The molecule has 4 saturated carbocycles. The highest BCUT2D eigenvalue weighted by atomic mass is 16.4. The third-order valence-electron chi connectivity index (χ3n) is 13.3. The van der Waals surface area contributed by atoms with Crippen molar-refractivity contribution in [3.63, 3.8) is 0 Å². The number of carboxylic acid groups (broad SMARTS) is 1. The van der Waals surface area contributed by atoms with Gasteiger partial charge in [0, 0.05) is 5.92 Å². The smallest absolute Gasteiger partial charge is 0.310 e. The van der Waals surface area contributed by atoms with Crippen LogP contribution in [0, 0.1) is 50.7 Å². The maximum atomic E-state index is 12.8. The minimum Gasteiger partial charge on any atom is -0.481 e.